The highest BCUT2D eigenvalue weighted by molar-refractivity contribution is 6.29. The fourth-order valence-corrected chi connectivity index (χ4v) is 2.88. The molecular weight excluding hydrogens is 295 g/mol. The second kappa shape index (κ2) is 6.02. The maximum Gasteiger partial charge on any atom is 0.270 e. The third kappa shape index (κ3) is 3.18. The number of oxazole rings is 1. The molecule has 21 heavy (non-hydrogen) atoms. The average Bonchev–Trinajstić information content (AvgIpc) is 2.91. The highest BCUT2D eigenvalue weighted by Crippen LogP contribution is 2.34. The van der Waals surface area contributed by atoms with Crippen LogP contribution in [0.2, 0.25) is 0 Å². The predicted molar refractivity (Wildman–Crippen MR) is 77.9 cm³/mol. The molecule has 0 radical (unpaired) electrons. The van der Waals surface area contributed by atoms with E-state index in [1.807, 2.05) is 24.3 Å². The van der Waals surface area contributed by atoms with Crippen molar-refractivity contribution in [1.29, 1.82) is 0 Å². The van der Waals surface area contributed by atoms with E-state index in [2.05, 4.69) is 10.3 Å². The number of amides is 1. The number of rotatable bonds is 3. The fraction of sp³-hybridized carbons (Fsp3) is 0.467. The number of fused-ring (bicyclic) bond motifs is 1. The first-order valence-electron chi connectivity index (χ1n) is 7.07. The van der Waals surface area contributed by atoms with E-state index < -0.39 is 11.5 Å². The zero-order valence-corrected chi connectivity index (χ0v) is 12.1. The number of para-hydroxylation sites is 2. The Bertz CT molecular complexity index is 602. The summed E-state index contributed by atoms with van der Waals surface area (Å²) in [6.45, 7) is 0. The summed E-state index contributed by atoms with van der Waals surface area (Å²) in [5.74, 6) is 0.256. The van der Waals surface area contributed by atoms with Crippen LogP contribution in [0.25, 0.3) is 11.1 Å². The Morgan fingerprint density at radius 2 is 2.05 bits per heavy atom. The van der Waals surface area contributed by atoms with Crippen LogP contribution in [0.5, 0.6) is 0 Å². The van der Waals surface area contributed by atoms with Crippen LogP contribution in [0.3, 0.4) is 0 Å². The van der Waals surface area contributed by atoms with E-state index in [9.17, 15) is 9.18 Å². The molecule has 0 saturated heterocycles. The van der Waals surface area contributed by atoms with E-state index >= 15 is 0 Å². The van der Waals surface area contributed by atoms with Crippen molar-refractivity contribution >= 4 is 28.6 Å². The molecule has 3 rings (SSSR count). The summed E-state index contributed by atoms with van der Waals surface area (Å²) in [5, 5.41) is 2.62. The van der Waals surface area contributed by atoms with Crippen molar-refractivity contribution in [1.82, 2.24) is 10.3 Å². The standard InChI is InChI=1S/C15H16ClFN2O2/c16-13(17)14(20)18-10-7-5-9(6-8-10)15-19-11-3-1-2-4-12(11)21-15/h1-4,9-10,13H,5-8H2,(H,18,20). The molecule has 0 bridgehead atoms. The van der Waals surface area contributed by atoms with Gasteiger partial charge in [0.25, 0.3) is 11.5 Å². The van der Waals surface area contributed by atoms with Gasteiger partial charge < -0.3 is 9.73 Å². The van der Waals surface area contributed by atoms with Crippen LogP contribution in [-0.2, 0) is 4.79 Å². The van der Waals surface area contributed by atoms with Crippen molar-refractivity contribution in [3.63, 3.8) is 0 Å². The second-order valence-corrected chi connectivity index (χ2v) is 5.76. The van der Waals surface area contributed by atoms with Crippen molar-refractivity contribution in [3.8, 4) is 0 Å². The zero-order chi connectivity index (χ0) is 14.8. The number of aromatic nitrogens is 1. The zero-order valence-electron chi connectivity index (χ0n) is 11.4. The van der Waals surface area contributed by atoms with Crippen LogP contribution in [0.15, 0.2) is 28.7 Å². The fourth-order valence-electron chi connectivity index (χ4n) is 2.81. The minimum absolute atomic E-state index is 0.0184. The molecule has 0 spiro atoms. The Morgan fingerprint density at radius 3 is 2.71 bits per heavy atom. The molecule has 1 unspecified atom stereocenters. The summed E-state index contributed by atoms with van der Waals surface area (Å²) < 4.78 is 18.4. The highest BCUT2D eigenvalue weighted by Gasteiger charge is 2.27. The highest BCUT2D eigenvalue weighted by atomic mass is 35.5. The van der Waals surface area contributed by atoms with Crippen LogP contribution in [0.4, 0.5) is 4.39 Å². The number of carbonyl (C=O) groups excluding carboxylic acids is 1. The smallest absolute Gasteiger partial charge is 0.270 e. The molecule has 6 heteroatoms. The maximum atomic E-state index is 12.6. The maximum absolute atomic E-state index is 12.6. The molecule has 2 aromatic rings. The quantitative estimate of drug-likeness (QED) is 0.883. The molecule has 112 valence electrons. The van der Waals surface area contributed by atoms with Crippen LogP contribution in [-0.4, -0.2) is 22.6 Å². The lowest BCUT2D eigenvalue weighted by Crippen LogP contribution is -2.40. The number of carbonyl (C=O) groups is 1. The number of alkyl halides is 2. The van der Waals surface area contributed by atoms with Crippen LogP contribution in [0, 0.1) is 0 Å². The first-order valence-corrected chi connectivity index (χ1v) is 7.51. The Morgan fingerprint density at radius 1 is 1.33 bits per heavy atom. The van der Waals surface area contributed by atoms with Gasteiger partial charge in [-0.1, -0.05) is 23.7 Å². The van der Waals surface area contributed by atoms with Gasteiger partial charge in [-0.25, -0.2) is 9.37 Å². The molecule has 1 aliphatic rings. The van der Waals surface area contributed by atoms with E-state index in [0.29, 0.717) is 0 Å². The van der Waals surface area contributed by atoms with Gasteiger partial charge in [0.15, 0.2) is 11.5 Å². The molecule has 1 heterocycles. The summed E-state index contributed by atoms with van der Waals surface area (Å²) in [7, 11) is 0. The van der Waals surface area contributed by atoms with E-state index in [0.717, 1.165) is 42.7 Å². The van der Waals surface area contributed by atoms with Gasteiger partial charge in [0.05, 0.1) is 0 Å². The first kappa shape index (κ1) is 14.3. The molecule has 0 aliphatic heterocycles. The van der Waals surface area contributed by atoms with Gasteiger partial charge in [0, 0.05) is 12.0 Å². The molecule has 1 atom stereocenters. The predicted octanol–water partition coefficient (Wildman–Crippen LogP) is 3.50. The Labute approximate surface area is 126 Å². The summed E-state index contributed by atoms with van der Waals surface area (Å²) in [6, 6.07) is 7.66. The van der Waals surface area contributed by atoms with Crippen LogP contribution < -0.4 is 5.32 Å². The lowest BCUT2D eigenvalue weighted by Gasteiger charge is -2.27. The minimum Gasteiger partial charge on any atom is -0.440 e. The van der Waals surface area contributed by atoms with E-state index in [-0.39, 0.29) is 12.0 Å². The van der Waals surface area contributed by atoms with Crippen molar-refractivity contribution in [3.05, 3.63) is 30.2 Å². The second-order valence-electron chi connectivity index (χ2n) is 5.38. The Kier molecular flexibility index (Phi) is 4.10. The van der Waals surface area contributed by atoms with Crippen molar-refractivity contribution in [2.75, 3.05) is 0 Å². The lowest BCUT2D eigenvalue weighted by atomic mass is 9.86. The lowest BCUT2D eigenvalue weighted by molar-refractivity contribution is -0.124. The summed E-state index contributed by atoms with van der Waals surface area (Å²) in [5.41, 5.74) is -0.310. The van der Waals surface area contributed by atoms with Gasteiger partial charge in [0.1, 0.15) is 5.52 Å². The molecule has 4 nitrogen and oxygen atoms in total. The average molecular weight is 311 g/mol. The number of halogens is 2. The number of nitrogens with one attached hydrogen (secondary N) is 1. The van der Waals surface area contributed by atoms with Crippen molar-refractivity contribution in [2.45, 2.75) is 43.3 Å². The van der Waals surface area contributed by atoms with E-state index in [1.54, 1.807) is 0 Å². The molecule has 1 fully saturated rings. The number of hydrogen-bond acceptors (Lipinski definition) is 3. The normalized spacial score (nSPS) is 23.9. The van der Waals surface area contributed by atoms with Gasteiger partial charge in [-0.15, -0.1) is 0 Å². The number of benzene rings is 1. The van der Waals surface area contributed by atoms with Crippen LogP contribution in [0.1, 0.15) is 37.5 Å². The third-order valence-corrected chi connectivity index (χ3v) is 4.13. The molecule has 1 N–H and O–H groups in total. The third-order valence-electron chi connectivity index (χ3n) is 3.93. The Balaban J connectivity index is 1.61. The van der Waals surface area contributed by atoms with Gasteiger partial charge >= 0.3 is 0 Å². The van der Waals surface area contributed by atoms with Gasteiger partial charge in [-0.05, 0) is 37.8 Å². The van der Waals surface area contributed by atoms with Crippen LogP contribution >= 0.6 is 11.6 Å². The summed E-state index contributed by atoms with van der Waals surface area (Å²) in [4.78, 5) is 15.7. The monoisotopic (exact) mass is 310 g/mol. The molecule has 1 aromatic heterocycles. The number of nitrogens with zero attached hydrogens (tertiary/aromatic N) is 1. The topological polar surface area (TPSA) is 55.1 Å². The largest absolute Gasteiger partial charge is 0.440 e. The molecule has 1 saturated carbocycles. The van der Waals surface area contributed by atoms with Crippen molar-refractivity contribution < 1.29 is 13.6 Å². The van der Waals surface area contributed by atoms with Gasteiger partial charge in [-0.2, -0.15) is 0 Å². The summed E-state index contributed by atoms with van der Waals surface area (Å²) >= 11 is 5.11. The Hall–Kier alpha value is -1.62. The van der Waals surface area contributed by atoms with E-state index in [1.165, 1.54) is 0 Å². The SMILES string of the molecule is O=C(NC1CCC(c2nc3ccccc3o2)CC1)C(F)Cl. The minimum atomic E-state index is -1.97. The van der Waals surface area contributed by atoms with Gasteiger partial charge in [0.2, 0.25) is 0 Å². The molecule has 1 amide bonds. The molecule has 1 aromatic carbocycles. The van der Waals surface area contributed by atoms with Gasteiger partial charge in [-0.3, -0.25) is 4.79 Å². The van der Waals surface area contributed by atoms with Crippen molar-refractivity contribution in [2.24, 2.45) is 0 Å². The van der Waals surface area contributed by atoms with E-state index in [4.69, 9.17) is 16.0 Å². The summed E-state index contributed by atoms with van der Waals surface area (Å²) in [6.07, 6.45) is 3.27. The molecular formula is C15H16ClFN2O2. The number of hydrogen-bond donors (Lipinski definition) is 1. The molecule has 1 aliphatic carbocycles. The first-order chi connectivity index (χ1) is 10.1.